The first-order chi connectivity index (χ1) is 9.81. The fraction of sp³-hybridized carbons (Fsp3) is 0.250. The molecule has 2 heterocycles. The number of rotatable bonds is 3. The molecule has 112 valence electrons. The van der Waals surface area contributed by atoms with Crippen LogP contribution in [0.15, 0.2) is 18.3 Å². The van der Waals surface area contributed by atoms with Crippen molar-refractivity contribution in [1.82, 2.24) is 9.97 Å². The van der Waals surface area contributed by atoms with E-state index in [1.54, 1.807) is 6.92 Å². The number of carbonyl (C=O) groups excluding carboxylic acids is 1. The van der Waals surface area contributed by atoms with E-state index in [1.807, 2.05) is 0 Å². The van der Waals surface area contributed by atoms with Crippen molar-refractivity contribution in [2.45, 2.75) is 13.1 Å². The number of esters is 1. The normalized spacial score (nSPS) is 11.3. The summed E-state index contributed by atoms with van der Waals surface area (Å²) < 4.78 is 41.8. The van der Waals surface area contributed by atoms with Gasteiger partial charge in [-0.2, -0.15) is 13.2 Å². The van der Waals surface area contributed by atoms with Gasteiger partial charge in [-0.05, 0) is 19.1 Å². The molecule has 0 bridgehead atoms. The van der Waals surface area contributed by atoms with Gasteiger partial charge in [-0.25, -0.2) is 14.8 Å². The van der Waals surface area contributed by atoms with Crippen LogP contribution in [0.25, 0.3) is 0 Å². The standard InChI is InChI=1S/C12H10F3N3O2S/c1-6-9(10(19)20-2)21-11(17-6)18-7-3-4-8(16-5-7)12(13,14)15/h3-5H,1-2H3,(H,17,18). The number of hydrogen-bond donors (Lipinski definition) is 1. The Labute approximate surface area is 121 Å². The summed E-state index contributed by atoms with van der Waals surface area (Å²) in [7, 11) is 1.26. The first-order valence-electron chi connectivity index (χ1n) is 5.67. The van der Waals surface area contributed by atoms with E-state index in [9.17, 15) is 18.0 Å². The summed E-state index contributed by atoms with van der Waals surface area (Å²) in [6.07, 6.45) is -3.42. The van der Waals surface area contributed by atoms with Gasteiger partial charge in [0.1, 0.15) is 10.6 Å². The van der Waals surface area contributed by atoms with E-state index in [2.05, 4.69) is 20.0 Å². The first-order valence-corrected chi connectivity index (χ1v) is 6.49. The molecule has 0 spiro atoms. The number of methoxy groups -OCH3 is 1. The fourth-order valence-corrected chi connectivity index (χ4v) is 2.40. The zero-order valence-electron chi connectivity index (χ0n) is 11.0. The van der Waals surface area contributed by atoms with Gasteiger partial charge in [0.2, 0.25) is 0 Å². The van der Waals surface area contributed by atoms with Crippen molar-refractivity contribution < 1.29 is 22.7 Å². The van der Waals surface area contributed by atoms with Crippen LogP contribution in [0, 0.1) is 6.92 Å². The lowest BCUT2D eigenvalue weighted by Gasteiger charge is -2.06. The molecule has 0 aliphatic rings. The number of nitrogens with zero attached hydrogens (tertiary/aromatic N) is 2. The SMILES string of the molecule is COC(=O)c1sc(Nc2ccc(C(F)(F)F)nc2)nc1C. The van der Waals surface area contributed by atoms with E-state index in [1.165, 1.54) is 13.2 Å². The van der Waals surface area contributed by atoms with Gasteiger partial charge in [-0.3, -0.25) is 0 Å². The van der Waals surface area contributed by atoms with Crippen LogP contribution >= 0.6 is 11.3 Å². The van der Waals surface area contributed by atoms with Crippen molar-refractivity contribution >= 4 is 28.1 Å². The molecule has 2 aromatic rings. The van der Waals surface area contributed by atoms with Gasteiger partial charge in [-0.1, -0.05) is 11.3 Å². The fourth-order valence-electron chi connectivity index (χ4n) is 1.49. The lowest BCUT2D eigenvalue weighted by Crippen LogP contribution is -2.07. The zero-order chi connectivity index (χ0) is 15.6. The number of pyridine rings is 1. The van der Waals surface area contributed by atoms with Gasteiger partial charge in [0.25, 0.3) is 0 Å². The number of anilines is 2. The molecule has 9 heteroatoms. The van der Waals surface area contributed by atoms with E-state index in [-0.39, 0.29) is 0 Å². The third-order valence-corrected chi connectivity index (χ3v) is 3.53. The molecule has 0 fully saturated rings. The van der Waals surface area contributed by atoms with Gasteiger partial charge in [0.05, 0.1) is 24.7 Å². The van der Waals surface area contributed by atoms with Crippen molar-refractivity contribution in [2.75, 3.05) is 12.4 Å². The van der Waals surface area contributed by atoms with Crippen molar-refractivity contribution in [1.29, 1.82) is 0 Å². The van der Waals surface area contributed by atoms with E-state index >= 15 is 0 Å². The molecule has 0 atom stereocenters. The molecule has 1 N–H and O–H groups in total. The predicted molar refractivity (Wildman–Crippen MR) is 70.7 cm³/mol. The molecule has 2 aromatic heterocycles. The molecule has 0 radical (unpaired) electrons. The maximum absolute atomic E-state index is 12.4. The predicted octanol–water partition coefficient (Wildman–Crippen LogP) is 3.40. The topological polar surface area (TPSA) is 64.1 Å². The average molecular weight is 317 g/mol. The van der Waals surface area contributed by atoms with Crippen molar-refractivity contribution in [2.24, 2.45) is 0 Å². The van der Waals surface area contributed by atoms with Gasteiger partial charge in [-0.15, -0.1) is 0 Å². The van der Waals surface area contributed by atoms with Gasteiger partial charge in [0.15, 0.2) is 5.13 Å². The maximum atomic E-state index is 12.4. The summed E-state index contributed by atoms with van der Waals surface area (Å²) in [5.74, 6) is -0.511. The molecular formula is C12H10F3N3O2S. The van der Waals surface area contributed by atoms with Crippen molar-refractivity contribution in [3.8, 4) is 0 Å². The number of thiazole rings is 1. The summed E-state index contributed by atoms with van der Waals surface area (Å²) in [6.45, 7) is 1.64. The van der Waals surface area contributed by atoms with Crippen LogP contribution in [0.4, 0.5) is 24.0 Å². The second kappa shape index (κ2) is 5.68. The molecule has 0 saturated carbocycles. The molecule has 0 amide bonds. The Hall–Kier alpha value is -2.16. The van der Waals surface area contributed by atoms with Crippen LogP contribution in [-0.4, -0.2) is 23.0 Å². The molecule has 0 aliphatic carbocycles. The smallest absolute Gasteiger partial charge is 0.433 e. The van der Waals surface area contributed by atoms with Crippen LogP contribution in [0.1, 0.15) is 21.1 Å². The largest absolute Gasteiger partial charge is 0.465 e. The third-order valence-electron chi connectivity index (χ3n) is 2.47. The minimum absolute atomic E-state index is 0.333. The lowest BCUT2D eigenvalue weighted by atomic mass is 10.3. The highest BCUT2D eigenvalue weighted by molar-refractivity contribution is 7.17. The molecule has 0 saturated heterocycles. The summed E-state index contributed by atoms with van der Waals surface area (Å²) >= 11 is 1.05. The minimum Gasteiger partial charge on any atom is -0.465 e. The van der Waals surface area contributed by atoms with E-state index in [4.69, 9.17) is 0 Å². The van der Waals surface area contributed by atoms with Crippen LogP contribution in [0.5, 0.6) is 0 Å². The van der Waals surface area contributed by atoms with Crippen LogP contribution in [-0.2, 0) is 10.9 Å². The Morgan fingerprint density at radius 1 is 1.38 bits per heavy atom. The minimum atomic E-state index is -4.48. The number of hydrogen-bond acceptors (Lipinski definition) is 6. The molecular weight excluding hydrogens is 307 g/mol. The van der Waals surface area contributed by atoms with E-state index < -0.39 is 17.8 Å². The highest BCUT2D eigenvalue weighted by Gasteiger charge is 2.32. The molecule has 0 aliphatic heterocycles. The summed E-state index contributed by atoms with van der Waals surface area (Å²) in [4.78, 5) is 19.2. The van der Waals surface area contributed by atoms with Crippen molar-refractivity contribution in [3.63, 3.8) is 0 Å². The highest BCUT2D eigenvalue weighted by atomic mass is 32.1. The highest BCUT2D eigenvalue weighted by Crippen LogP contribution is 2.29. The average Bonchev–Trinajstić information content (AvgIpc) is 2.78. The monoisotopic (exact) mass is 317 g/mol. The lowest BCUT2D eigenvalue weighted by molar-refractivity contribution is -0.141. The Morgan fingerprint density at radius 2 is 2.10 bits per heavy atom. The molecule has 5 nitrogen and oxygen atoms in total. The summed E-state index contributed by atoms with van der Waals surface area (Å²) in [6, 6.07) is 2.11. The molecule has 0 unspecified atom stereocenters. The summed E-state index contributed by atoms with van der Waals surface area (Å²) in [5.41, 5.74) is -0.152. The first kappa shape index (κ1) is 15.2. The van der Waals surface area contributed by atoms with E-state index in [0.29, 0.717) is 21.4 Å². The number of nitrogens with one attached hydrogen (secondary N) is 1. The zero-order valence-corrected chi connectivity index (χ0v) is 11.8. The van der Waals surface area contributed by atoms with Crippen LogP contribution in [0.3, 0.4) is 0 Å². The van der Waals surface area contributed by atoms with Gasteiger partial charge in [0, 0.05) is 0 Å². The van der Waals surface area contributed by atoms with Crippen molar-refractivity contribution in [3.05, 3.63) is 34.6 Å². The molecule has 2 rings (SSSR count). The Morgan fingerprint density at radius 3 is 2.62 bits per heavy atom. The second-order valence-corrected chi connectivity index (χ2v) is 4.98. The van der Waals surface area contributed by atoms with Crippen LogP contribution < -0.4 is 5.32 Å². The maximum Gasteiger partial charge on any atom is 0.433 e. The second-order valence-electron chi connectivity index (χ2n) is 3.98. The number of halogens is 3. The number of aryl methyl sites for hydroxylation is 1. The Kier molecular flexibility index (Phi) is 4.12. The molecule has 0 aromatic carbocycles. The van der Waals surface area contributed by atoms with Gasteiger partial charge < -0.3 is 10.1 Å². The summed E-state index contributed by atoms with van der Waals surface area (Å²) in [5, 5.41) is 3.16. The van der Waals surface area contributed by atoms with E-state index in [0.717, 1.165) is 23.6 Å². The Bertz CT molecular complexity index is 653. The van der Waals surface area contributed by atoms with Crippen LogP contribution in [0.2, 0.25) is 0 Å². The third kappa shape index (κ3) is 3.48. The number of aromatic nitrogens is 2. The molecule has 21 heavy (non-hydrogen) atoms. The van der Waals surface area contributed by atoms with Gasteiger partial charge >= 0.3 is 12.1 Å². The quantitative estimate of drug-likeness (QED) is 0.879. The number of carbonyl (C=O) groups is 1. The number of ether oxygens (including phenoxy) is 1. The Balaban J connectivity index is 2.17. The number of alkyl halides is 3.